The standard InChI is InChI=1S/C18H20O3/c1-13(2)15-8-10-17(11-9-15)21-12-14-4-6-16(7-5-14)18(19)20-3/h4-11,13H,12H2,1-3H3. The van der Waals surface area contributed by atoms with Crippen LogP contribution < -0.4 is 4.74 Å². The van der Waals surface area contributed by atoms with Crippen LogP contribution in [0.2, 0.25) is 0 Å². The van der Waals surface area contributed by atoms with Crippen molar-refractivity contribution in [2.75, 3.05) is 7.11 Å². The van der Waals surface area contributed by atoms with Crippen LogP contribution in [0.3, 0.4) is 0 Å². The van der Waals surface area contributed by atoms with E-state index in [1.165, 1.54) is 12.7 Å². The van der Waals surface area contributed by atoms with Gasteiger partial charge in [-0.15, -0.1) is 0 Å². The van der Waals surface area contributed by atoms with Gasteiger partial charge in [0, 0.05) is 0 Å². The van der Waals surface area contributed by atoms with Gasteiger partial charge in [-0.2, -0.15) is 0 Å². The molecule has 0 atom stereocenters. The van der Waals surface area contributed by atoms with Crippen molar-refractivity contribution in [3.05, 3.63) is 65.2 Å². The molecule has 21 heavy (non-hydrogen) atoms. The molecule has 0 unspecified atom stereocenters. The lowest BCUT2D eigenvalue weighted by atomic mass is 10.0. The van der Waals surface area contributed by atoms with Gasteiger partial charge >= 0.3 is 5.97 Å². The molecule has 3 nitrogen and oxygen atoms in total. The summed E-state index contributed by atoms with van der Waals surface area (Å²) in [4.78, 5) is 11.3. The van der Waals surface area contributed by atoms with E-state index >= 15 is 0 Å². The first-order valence-corrected chi connectivity index (χ1v) is 7.00. The van der Waals surface area contributed by atoms with Crippen LogP contribution in [0.25, 0.3) is 0 Å². The highest BCUT2D eigenvalue weighted by Crippen LogP contribution is 2.19. The Hall–Kier alpha value is -2.29. The molecule has 110 valence electrons. The molecule has 0 aliphatic carbocycles. The zero-order chi connectivity index (χ0) is 15.2. The normalized spacial score (nSPS) is 10.5. The summed E-state index contributed by atoms with van der Waals surface area (Å²) in [6.07, 6.45) is 0. The van der Waals surface area contributed by atoms with Crippen LogP contribution in [0, 0.1) is 0 Å². The third-order valence-corrected chi connectivity index (χ3v) is 3.33. The minimum atomic E-state index is -0.327. The molecule has 0 N–H and O–H groups in total. The Bertz CT molecular complexity index is 583. The van der Waals surface area contributed by atoms with Gasteiger partial charge in [0.2, 0.25) is 0 Å². The average Bonchev–Trinajstić information content (AvgIpc) is 2.53. The zero-order valence-corrected chi connectivity index (χ0v) is 12.6. The number of esters is 1. The van der Waals surface area contributed by atoms with Crippen molar-refractivity contribution in [3.8, 4) is 5.75 Å². The van der Waals surface area contributed by atoms with E-state index in [0.717, 1.165) is 11.3 Å². The van der Waals surface area contributed by atoms with E-state index in [0.29, 0.717) is 18.1 Å². The van der Waals surface area contributed by atoms with Gasteiger partial charge in [-0.25, -0.2) is 4.79 Å². The van der Waals surface area contributed by atoms with Gasteiger partial charge in [0.25, 0.3) is 0 Å². The van der Waals surface area contributed by atoms with Crippen molar-refractivity contribution in [1.29, 1.82) is 0 Å². The zero-order valence-electron chi connectivity index (χ0n) is 12.6. The first-order chi connectivity index (χ1) is 10.1. The Labute approximate surface area is 125 Å². The van der Waals surface area contributed by atoms with Gasteiger partial charge < -0.3 is 9.47 Å². The molecule has 3 heteroatoms. The lowest BCUT2D eigenvalue weighted by Gasteiger charge is -2.09. The molecule has 0 radical (unpaired) electrons. The summed E-state index contributed by atoms with van der Waals surface area (Å²) in [6.45, 7) is 4.81. The molecular weight excluding hydrogens is 264 g/mol. The van der Waals surface area contributed by atoms with Crippen LogP contribution in [-0.4, -0.2) is 13.1 Å². The second-order valence-electron chi connectivity index (χ2n) is 5.20. The van der Waals surface area contributed by atoms with Crippen LogP contribution in [0.4, 0.5) is 0 Å². The van der Waals surface area contributed by atoms with Crippen molar-refractivity contribution in [2.24, 2.45) is 0 Å². The van der Waals surface area contributed by atoms with Gasteiger partial charge in [0.05, 0.1) is 12.7 Å². The fourth-order valence-electron chi connectivity index (χ4n) is 1.97. The van der Waals surface area contributed by atoms with E-state index < -0.39 is 0 Å². The van der Waals surface area contributed by atoms with E-state index in [9.17, 15) is 4.79 Å². The van der Waals surface area contributed by atoms with Crippen LogP contribution in [0.1, 0.15) is 41.3 Å². The number of ether oxygens (including phenoxy) is 2. The van der Waals surface area contributed by atoms with E-state index in [1.54, 1.807) is 12.1 Å². The van der Waals surface area contributed by atoms with E-state index in [2.05, 4.69) is 30.7 Å². The molecule has 2 rings (SSSR count). The van der Waals surface area contributed by atoms with E-state index in [4.69, 9.17) is 4.74 Å². The number of hydrogen-bond donors (Lipinski definition) is 0. The Morgan fingerprint density at radius 3 is 2.14 bits per heavy atom. The van der Waals surface area contributed by atoms with Crippen LogP contribution in [0.15, 0.2) is 48.5 Å². The quantitative estimate of drug-likeness (QED) is 0.773. The summed E-state index contributed by atoms with van der Waals surface area (Å²) in [5, 5.41) is 0. The fraction of sp³-hybridized carbons (Fsp3) is 0.278. The van der Waals surface area contributed by atoms with Crippen molar-refractivity contribution >= 4 is 5.97 Å². The Morgan fingerprint density at radius 2 is 1.62 bits per heavy atom. The SMILES string of the molecule is COC(=O)c1ccc(COc2ccc(C(C)C)cc2)cc1. The lowest BCUT2D eigenvalue weighted by molar-refractivity contribution is 0.0600. The number of carbonyl (C=O) groups excluding carboxylic acids is 1. The van der Waals surface area contributed by atoms with Gasteiger partial charge in [-0.05, 0) is 41.3 Å². The average molecular weight is 284 g/mol. The summed E-state index contributed by atoms with van der Waals surface area (Å²) in [5.41, 5.74) is 2.85. The molecule has 2 aromatic carbocycles. The summed E-state index contributed by atoms with van der Waals surface area (Å²) in [6, 6.07) is 15.4. The lowest BCUT2D eigenvalue weighted by Crippen LogP contribution is -2.02. The van der Waals surface area contributed by atoms with Crippen LogP contribution in [-0.2, 0) is 11.3 Å². The Kier molecular flexibility index (Phi) is 4.99. The van der Waals surface area contributed by atoms with Crippen molar-refractivity contribution in [2.45, 2.75) is 26.4 Å². The monoisotopic (exact) mass is 284 g/mol. The summed E-state index contributed by atoms with van der Waals surface area (Å²) < 4.78 is 10.4. The van der Waals surface area contributed by atoms with Crippen molar-refractivity contribution in [3.63, 3.8) is 0 Å². The summed E-state index contributed by atoms with van der Waals surface area (Å²) in [5.74, 6) is 1.04. The number of methoxy groups -OCH3 is 1. The predicted octanol–water partition coefficient (Wildman–Crippen LogP) is 4.18. The minimum absolute atomic E-state index is 0.327. The predicted molar refractivity (Wildman–Crippen MR) is 82.6 cm³/mol. The van der Waals surface area contributed by atoms with E-state index in [1.807, 2.05) is 24.3 Å². The highest BCUT2D eigenvalue weighted by Gasteiger charge is 2.05. The number of carbonyl (C=O) groups is 1. The Balaban J connectivity index is 1.95. The van der Waals surface area contributed by atoms with Crippen LogP contribution in [0.5, 0.6) is 5.75 Å². The molecule has 0 aromatic heterocycles. The maximum absolute atomic E-state index is 11.3. The maximum Gasteiger partial charge on any atom is 0.337 e. The second-order valence-corrected chi connectivity index (χ2v) is 5.20. The molecule has 0 aliphatic heterocycles. The van der Waals surface area contributed by atoms with Gasteiger partial charge in [0.15, 0.2) is 0 Å². The molecule has 0 heterocycles. The molecule has 0 saturated heterocycles. The molecule has 0 amide bonds. The molecule has 0 spiro atoms. The molecule has 0 fully saturated rings. The van der Waals surface area contributed by atoms with Crippen molar-refractivity contribution in [1.82, 2.24) is 0 Å². The first-order valence-electron chi connectivity index (χ1n) is 7.00. The van der Waals surface area contributed by atoms with Gasteiger partial charge in [-0.3, -0.25) is 0 Å². The Morgan fingerprint density at radius 1 is 1.00 bits per heavy atom. The largest absolute Gasteiger partial charge is 0.489 e. The van der Waals surface area contributed by atoms with Gasteiger partial charge in [0.1, 0.15) is 12.4 Å². The molecule has 0 bridgehead atoms. The highest BCUT2D eigenvalue weighted by molar-refractivity contribution is 5.89. The van der Waals surface area contributed by atoms with Crippen LogP contribution >= 0.6 is 0 Å². The highest BCUT2D eigenvalue weighted by atomic mass is 16.5. The topological polar surface area (TPSA) is 35.5 Å². The number of hydrogen-bond acceptors (Lipinski definition) is 3. The number of rotatable bonds is 5. The number of benzene rings is 2. The summed E-state index contributed by atoms with van der Waals surface area (Å²) in [7, 11) is 1.38. The maximum atomic E-state index is 11.3. The smallest absolute Gasteiger partial charge is 0.337 e. The first kappa shape index (κ1) is 15.1. The van der Waals surface area contributed by atoms with Gasteiger partial charge in [-0.1, -0.05) is 38.1 Å². The molecular formula is C18H20O3. The summed E-state index contributed by atoms with van der Waals surface area (Å²) >= 11 is 0. The van der Waals surface area contributed by atoms with Crippen molar-refractivity contribution < 1.29 is 14.3 Å². The third-order valence-electron chi connectivity index (χ3n) is 3.33. The molecule has 2 aromatic rings. The van der Waals surface area contributed by atoms with E-state index in [-0.39, 0.29) is 5.97 Å². The fourth-order valence-corrected chi connectivity index (χ4v) is 1.97. The molecule has 0 aliphatic rings. The minimum Gasteiger partial charge on any atom is -0.489 e. The third kappa shape index (κ3) is 4.09. The second kappa shape index (κ2) is 6.93. The molecule has 0 saturated carbocycles.